The molecule has 3 rings (SSSR count). The van der Waals surface area contributed by atoms with Crippen LogP contribution in [0.15, 0.2) is 41.6 Å². The summed E-state index contributed by atoms with van der Waals surface area (Å²) in [7, 11) is -3.74. The summed E-state index contributed by atoms with van der Waals surface area (Å²) >= 11 is 0. The number of carbonyl (C=O) groups is 1. The molecule has 2 aromatic rings. The van der Waals surface area contributed by atoms with E-state index >= 15 is 0 Å². The fourth-order valence-electron chi connectivity index (χ4n) is 2.72. The molecule has 1 saturated heterocycles. The number of amides is 1. The predicted octanol–water partition coefficient (Wildman–Crippen LogP) is 0.403. The summed E-state index contributed by atoms with van der Waals surface area (Å²) in [4.78, 5) is 14.2. The smallest absolute Gasteiger partial charge is 0.253 e. The van der Waals surface area contributed by atoms with Gasteiger partial charge in [-0.2, -0.15) is 0 Å². The van der Waals surface area contributed by atoms with Crippen LogP contribution in [-0.4, -0.2) is 47.3 Å². The summed E-state index contributed by atoms with van der Waals surface area (Å²) in [6.07, 6.45) is 5.09. The molecule has 0 unspecified atom stereocenters. The van der Waals surface area contributed by atoms with E-state index in [0.29, 0.717) is 18.7 Å². The average Bonchev–Trinajstić information content (AvgIpc) is 3.08. The third-order valence-electron chi connectivity index (χ3n) is 4.00. The Hall–Kier alpha value is -2.26. The third-order valence-corrected chi connectivity index (χ3v) is 4.93. The molecule has 23 heavy (non-hydrogen) atoms. The van der Waals surface area contributed by atoms with Crippen LogP contribution in [0.1, 0.15) is 29.2 Å². The van der Waals surface area contributed by atoms with Crippen LogP contribution in [0.5, 0.6) is 0 Å². The minimum atomic E-state index is -3.74. The number of nitrogens with two attached hydrogens (primary N) is 1. The van der Waals surface area contributed by atoms with Gasteiger partial charge in [0.2, 0.25) is 10.0 Å². The van der Waals surface area contributed by atoms with Gasteiger partial charge in [0, 0.05) is 24.8 Å². The lowest BCUT2D eigenvalue weighted by atomic mass is 10.0. The highest BCUT2D eigenvalue weighted by atomic mass is 32.2. The third kappa shape index (κ3) is 3.40. The molecule has 1 amide bonds. The van der Waals surface area contributed by atoms with Crippen molar-refractivity contribution in [3.8, 4) is 0 Å². The van der Waals surface area contributed by atoms with Gasteiger partial charge in [0.25, 0.3) is 5.91 Å². The van der Waals surface area contributed by atoms with Crippen LogP contribution in [0.4, 0.5) is 0 Å². The van der Waals surface area contributed by atoms with Gasteiger partial charge in [-0.05, 0) is 37.1 Å². The number of piperidine rings is 1. The van der Waals surface area contributed by atoms with Gasteiger partial charge in [-0.25, -0.2) is 18.2 Å². The molecule has 0 spiro atoms. The lowest BCUT2D eigenvalue weighted by molar-refractivity contribution is 0.0689. The van der Waals surface area contributed by atoms with Crippen molar-refractivity contribution < 1.29 is 13.2 Å². The van der Waals surface area contributed by atoms with E-state index < -0.39 is 10.0 Å². The number of nitrogens with zero attached hydrogens (tertiary/aromatic N) is 4. The SMILES string of the molecule is NS(=O)(=O)c1ccc(C(=O)N2CCC(n3ccnn3)CC2)cc1. The molecule has 0 aliphatic carbocycles. The maximum absolute atomic E-state index is 12.5. The van der Waals surface area contributed by atoms with E-state index in [-0.39, 0.29) is 16.8 Å². The molecular formula is C14H17N5O3S. The molecule has 0 atom stereocenters. The van der Waals surface area contributed by atoms with E-state index in [2.05, 4.69) is 10.3 Å². The van der Waals surface area contributed by atoms with Gasteiger partial charge in [-0.3, -0.25) is 4.79 Å². The van der Waals surface area contributed by atoms with Gasteiger partial charge in [0.15, 0.2) is 0 Å². The van der Waals surface area contributed by atoms with E-state index in [1.165, 1.54) is 24.3 Å². The van der Waals surface area contributed by atoms with Crippen LogP contribution < -0.4 is 5.14 Å². The van der Waals surface area contributed by atoms with Crippen molar-refractivity contribution in [2.75, 3.05) is 13.1 Å². The van der Waals surface area contributed by atoms with Gasteiger partial charge in [-0.15, -0.1) is 5.10 Å². The summed E-state index contributed by atoms with van der Waals surface area (Å²) in [5.41, 5.74) is 0.455. The summed E-state index contributed by atoms with van der Waals surface area (Å²) in [5, 5.41) is 12.8. The van der Waals surface area contributed by atoms with E-state index in [4.69, 9.17) is 5.14 Å². The second-order valence-corrected chi connectivity index (χ2v) is 7.04. The van der Waals surface area contributed by atoms with Gasteiger partial charge in [0.1, 0.15) is 0 Å². The van der Waals surface area contributed by atoms with Crippen molar-refractivity contribution in [2.24, 2.45) is 5.14 Å². The van der Waals surface area contributed by atoms with Gasteiger partial charge in [0.05, 0.1) is 17.1 Å². The van der Waals surface area contributed by atoms with Crippen LogP contribution in [0.3, 0.4) is 0 Å². The van der Waals surface area contributed by atoms with Crippen molar-refractivity contribution >= 4 is 15.9 Å². The standard InChI is InChI=1S/C14H17N5O3S/c15-23(21,22)13-3-1-11(2-4-13)14(20)18-8-5-12(6-9-18)19-10-7-16-17-19/h1-4,7,10,12H,5-6,8-9H2,(H2,15,21,22). The lowest BCUT2D eigenvalue weighted by Gasteiger charge is -2.31. The number of sulfonamides is 1. The largest absolute Gasteiger partial charge is 0.338 e. The van der Waals surface area contributed by atoms with Crippen LogP contribution in [0.25, 0.3) is 0 Å². The van der Waals surface area contributed by atoms with Crippen LogP contribution in [-0.2, 0) is 10.0 Å². The minimum absolute atomic E-state index is 0.000981. The molecule has 1 aliphatic rings. The first-order chi connectivity index (χ1) is 10.9. The topological polar surface area (TPSA) is 111 Å². The fraction of sp³-hybridized carbons (Fsp3) is 0.357. The van der Waals surface area contributed by atoms with Crippen molar-refractivity contribution in [3.63, 3.8) is 0 Å². The molecule has 2 N–H and O–H groups in total. The summed E-state index contributed by atoms with van der Waals surface area (Å²) < 4.78 is 24.3. The molecule has 1 aliphatic heterocycles. The lowest BCUT2D eigenvalue weighted by Crippen LogP contribution is -2.39. The molecule has 0 radical (unpaired) electrons. The zero-order chi connectivity index (χ0) is 16.4. The number of hydrogen-bond acceptors (Lipinski definition) is 5. The fourth-order valence-corrected chi connectivity index (χ4v) is 3.23. The Morgan fingerprint density at radius 1 is 1.17 bits per heavy atom. The minimum Gasteiger partial charge on any atom is -0.338 e. The Bertz CT molecular complexity index is 778. The van der Waals surface area contributed by atoms with Crippen LogP contribution >= 0.6 is 0 Å². The molecule has 1 aromatic carbocycles. The summed E-state index contributed by atoms with van der Waals surface area (Å²) in [6, 6.07) is 5.94. The van der Waals surface area contributed by atoms with E-state index in [0.717, 1.165) is 12.8 Å². The second kappa shape index (κ2) is 6.09. The molecular weight excluding hydrogens is 318 g/mol. The Morgan fingerprint density at radius 3 is 2.35 bits per heavy atom. The maximum atomic E-state index is 12.5. The molecule has 8 nitrogen and oxygen atoms in total. The van der Waals surface area contributed by atoms with Crippen molar-refractivity contribution in [2.45, 2.75) is 23.8 Å². The van der Waals surface area contributed by atoms with Crippen molar-refractivity contribution in [1.82, 2.24) is 19.9 Å². The monoisotopic (exact) mass is 335 g/mol. The first-order valence-corrected chi connectivity index (χ1v) is 8.78. The van der Waals surface area contributed by atoms with E-state index in [9.17, 15) is 13.2 Å². The average molecular weight is 335 g/mol. The van der Waals surface area contributed by atoms with E-state index in [1.54, 1.807) is 11.1 Å². The molecule has 9 heteroatoms. The molecule has 122 valence electrons. The number of aromatic nitrogens is 3. The highest BCUT2D eigenvalue weighted by Crippen LogP contribution is 2.22. The van der Waals surface area contributed by atoms with Gasteiger partial charge in [-0.1, -0.05) is 5.21 Å². The van der Waals surface area contributed by atoms with Crippen LogP contribution in [0.2, 0.25) is 0 Å². The quantitative estimate of drug-likeness (QED) is 0.873. The van der Waals surface area contributed by atoms with Gasteiger partial charge >= 0.3 is 0 Å². The molecule has 0 saturated carbocycles. The first-order valence-electron chi connectivity index (χ1n) is 7.23. The Morgan fingerprint density at radius 2 is 1.83 bits per heavy atom. The number of primary sulfonamides is 1. The number of carbonyl (C=O) groups excluding carboxylic acids is 1. The Kier molecular flexibility index (Phi) is 4.14. The molecule has 1 aromatic heterocycles. The molecule has 1 fully saturated rings. The summed E-state index contributed by atoms with van der Waals surface area (Å²) in [5.74, 6) is -0.108. The normalized spacial score (nSPS) is 16.5. The molecule has 2 heterocycles. The zero-order valence-corrected chi connectivity index (χ0v) is 13.2. The number of hydrogen-bond donors (Lipinski definition) is 1. The highest BCUT2D eigenvalue weighted by molar-refractivity contribution is 7.89. The Labute approximate surface area is 133 Å². The van der Waals surface area contributed by atoms with Gasteiger partial charge < -0.3 is 4.90 Å². The summed E-state index contributed by atoms with van der Waals surface area (Å²) in [6.45, 7) is 1.25. The predicted molar refractivity (Wildman–Crippen MR) is 82.0 cm³/mol. The highest BCUT2D eigenvalue weighted by Gasteiger charge is 2.25. The first kappa shape index (κ1) is 15.6. The van der Waals surface area contributed by atoms with Crippen molar-refractivity contribution in [3.05, 3.63) is 42.2 Å². The van der Waals surface area contributed by atoms with Crippen LogP contribution in [0, 0.1) is 0 Å². The second-order valence-electron chi connectivity index (χ2n) is 5.48. The number of rotatable bonds is 3. The Balaban J connectivity index is 1.65. The zero-order valence-electron chi connectivity index (χ0n) is 12.4. The van der Waals surface area contributed by atoms with Crippen molar-refractivity contribution in [1.29, 1.82) is 0 Å². The molecule has 0 bridgehead atoms. The number of likely N-dealkylation sites (tertiary alicyclic amines) is 1. The van der Waals surface area contributed by atoms with E-state index in [1.807, 2.05) is 10.9 Å². The maximum Gasteiger partial charge on any atom is 0.253 e. The number of benzene rings is 1.